The van der Waals surface area contributed by atoms with Gasteiger partial charge in [-0.05, 0) is 50.5 Å². The fourth-order valence-corrected chi connectivity index (χ4v) is 3.63. The van der Waals surface area contributed by atoms with Crippen LogP contribution in [0.3, 0.4) is 0 Å². The van der Waals surface area contributed by atoms with Crippen molar-refractivity contribution in [2.75, 3.05) is 11.2 Å². The number of ether oxygens (including phenoxy) is 1. The highest BCUT2D eigenvalue weighted by Crippen LogP contribution is 2.25. The minimum Gasteiger partial charge on any atom is -0.486 e. The number of aryl methyl sites for hydroxylation is 3. The van der Waals surface area contributed by atoms with Crippen LogP contribution in [0.2, 0.25) is 0 Å². The first kappa shape index (κ1) is 20.7. The summed E-state index contributed by atoms with van der Waals surface area (Å²) in [6.07, 6.45) is 0.578. The maximum absolute atomic E-state index is 12.5. The third kappa shape index (κ3) is 5.29. The monoisotopic (exact) mass is 416 g/mol. The van der Waals surface area contributed by atoms with Crippen LogP contribution in [0.4, 0.5) is 5.82 Å². The molecule has 1 amide bonds. The fourth-order valence-electron chi connectivity index (χ4n) is 2.73. The average Bonchev–Trinajstić information content (AvgIpc) is 3.22. The van der Waals surface area contributed by atoms with Crippen LogP contribution in [-0.4, -0.2) is 31.2 Å². The molecule has 1 aromatic carbocycles. The van der Waals surface area contributed by atoms with Gasteiger partial charge in [0.15, 0.2) is 11.6 Å². The van der Waals surface area contributed by atoms with Crippen LogP contribution < -0.4 is 15.9 Å². The molecule has 1 atom stereocenters. The summed E-state index contributed by atoms with van der Waals surface area (Å²) in [7, 11) is 0. The van der Waals surface area contributed by atoms with Gasteiger partial charge in [0.25, 0.3) is 0 Å². The number of carbonyl (C=O) groups is 1. The van der Waals surface area contributed by atoms with Crippen LogP contribution in [0.5, 0.6) is 5.75 Å². The lowest BCUT2D eigenvalue weighted by molar-refractivity contribution is -0.115. The predicted octanol–water partition coefficient (Wildman–Crippen LogP) is 2.99. The molecule has 154 valence electrons. The van der Waals surface area contributed by atoms with Gasteiger partial charge < -0.3 is 20.4 Å². The quantitative estimate of drug-likeness (QED) is 0.425. The number of nitrogen functional groups attached to an aromatic ring is 1. The van der Waals surface area contributed by atoms with Gasteiger partial charge in [-0.2, -0.15) is 0 Å². The highest BCUT2D eigenvalue weighted by Gasteiger charge is 2.23. The number of rotatable bonds is 8. The number of thioether (sulfide) groups is 1. The second kappa shape index (κ2) is 8.99. The maximum atomic E-state index is 12.5. The highest BCUT2D eigenvalue weighted by molar-refractivity contribution is 8.00. The first-order valence-electron chi connectivity index (χ1n) is 9.17. The van der Waals surface area contributed by atoms with E-state index in [9.17, 15) is 4.79 Å². The molecule has 2 aromatic heterocycles. The Hall–Kier alpha value is -3.01. The van der Waals surface area contributed by atoms with Crippen molar-refractivity contribution in [2.45, 2.75) is 51.1 Å². The zero-order valence-electron chi connectivity index (χ0n) is 16.8. The Labute approximate surface area is 173 Å². The molecule has 29 heavy (non-hydrogen) atoms. The molecule has 0 spiro atoms. The molecular weight excluding hydrogens is 392 g/mol. The lowest BCUT2D eigenvalue weighted by Crippen LogP contribution is -2.26. The molecule has 0 fully saturated rings. The number of nitrogens with one attached hydrogen (secondary N) is 1. The first-order chi connectivity index (χ1) is 13.9. The third-order valence-electron chi connectivity index (χ3n) is 4.09. The van der Waals surface area contributed by atoms with E-state index in [2.05, 4.69) is 26.7 Å². The molecule has 0 saturated heterocycles. The minimum absolute atomic E-state index is 0.175. The zero-order chi connectivity index (χ0) is 21.0. The maximum Gasteiger partial charge on any atom is 0.239 e. The van der Waals surface area contributed by atoms with E-state index in [-0.39, 0.29) is 12.5 Å². The van der Waals surface area contributed by atoms with E-state index in [1.807, 2.05) is 32.9 Å². The summed E-state index contributed by atoms with van der Waals surface area (Å²) in [6.45, 7) is 7.86. The fraction of sp³-hybridized carbons (Fsp3) is 0.368. The van der Waals surface area contributed by atoms with E-state index in [1.165, 1.54) is 16.4 Å². The van der Waals surface area contributed by atoms with Crippen LogP contribution in [0.1, 0.15) is 36.1 Å². The van der Waals surface area contributed by atoms with E-state index in [4.69, 9.17) is 15.1 Å². The number of carbonyl (C=O) groups excluding carboxylic acids is 1. The molecule has 0 unspecified atom stereocenters. The van der Waals surface area contributed by atoms with Gasteiger partial charge >= 0.3 is 0 Å². The topological polar surface area (TPSA) is 121 Å². The van der Waals surface area contributed by atoms with Crippen molar-refractivity contribution in [1.82, 2.24) is 20.0 Å². The largest absolute Gasteiger partial charge is 0.486 e. The molecule has 3 rings (SSSR count). The van der Waals surface area contributed by atoms with Gasteiger partial charge in [0.2, 0.25) is 11.1 Å². The van der Waals surface area contributed by atoms with E-state index >= 15 is 0 Å². The van der Waals surface area contributed by atoms with Gasteiger partial charge in [-0.25, -0.2) is 4.68 Å². The molecule has 3 N–H and O–H groups in total. The van der Waals surface area contributed by atoms with E-state index in [0.717, 1.165) is 16.9 Å². The number of hydrogen-bond donors (Lipinski definition) is 2. The summed E-state index contributed by atoms with van der Waals surface area (Å²) in [5.74, 6) is 8.12. The van der Waals surface area contributed by atoms with E-state index in [1.54, 1.807) is 13.0 Å². The smallest absolute Gasteiger partial charge is 0.239 e. The normalized spacial score (nSPS) is 12.0. The molecule has 9 nitrogen and oxygen atoms in total. The van der Waals surface area contributed by atoms with E-state index < -0.39 is 5.25 Å². The third-order valence-corrected chi connectivity index (χ3v) is 5.41. The van der Waals surface area contributed by atoms with Crippen LogP contribution >= 0.6 is 11.8 Å². The molecule has 0 aliphatic heterocycles. The lowest BCUT2D eigenvalue weighted by Gasteiger charge is -2.13. The molecule has 0 aliphatic rings. The molecule has 10 heteroatoms. The Morgan fingerprint density at radius 3 is 2.59 bits per heavy atom. The summed E-state index contributed by atoms with van der Waals surface area (Å²) in [5, 5.41) is 14.7. The number of amides is 1. The van der Waals surface area contributed by atoms with Gasteiger partial charge in [0, 0.05) is 6.07 Å². The standard InChI is InChI=1S/C19H24N6O3S/c1-5-15(18(26)21-16-9-13(4)28-24-16)29-19-23-22-17(25(19)20)10-27-14-7-11(2)6-12(3)8-14/h6-9,15H,5,10,20H2,1-4H3,(H,21,24,26)/t15-/m1/s1. The lowest BCUT2D eigenvalue weighted by atomic mass is 10.1. The molecule has 2 heterocycles. The number of nitrogens with zero attached hydrogens (tertiary/aromatic N) is 4. The molecular formula is C19H24N6O3S. The number of aromatic nitrogens is 4. The van der Waals surface area contributed by atoms with Crippen LogP contribution in [-0.2, 0) is 11.4 Å². The van der Waals surface area contributed by atoms with Crippen LogP contribution in [0, 0.1) is 20.8 Å². The van der Waals surface area contributed by atoms with Crippen molar-refractivity contribution >= 4 is 23.5 Å². The van der Waals surface area contributed by atoms with Crippen molar-refractivity contribution in [2.24, 2.45) is 0 Å². The first-order valence-corrected chi connectivity index (χ1v) is 10.0. The Bertz CT molecular complexity index is 979. The number of benzene rings is 1. The van der Waals surface area contributed by atoms with Crippen molar-refractivity contribution in [3.05, 3.63) is 47.0 Å². The Balaban J connectivity index is 1.63. The number of nitrogens with two attached hydrogens (primary N) is 1. The predicted molar refractivity (Wildman–Crippen MR) is 110 cm³/mol. The van der Waals surface area contributed by atoms with Gasteiger partial charge in [-0.1, -0.05) is 29.9 Å². The second-order valence-electron chi connectivity index (χ2n) is 6.71. The second-order valence-corrected chi connectivity index (χ2v) is 7.88. The molecule has 0 saturated carbocycles. The SMILES string of the molecule is CC[C@@H](Sc1nnc(COc2cc(C)cc(C)c2)n1N)C(=O)Nc1cc(C)on1. The highest BCUT2D eigenvalue weighted by atomic mass is 32.2. The van der Waals surface area contributed by atoms with Crippen molar-refractivity contribution in [3.8, 4) is 5.75 Å². The average molecular weight is 417 g/mol. The summed E-state index contributed by atoms with van der Waals surface area (Å²) in [5.41, 5.74) is 2.23. The van der Waals surface area contributed by atoms with Crippen molar-refractivity contribution in [1.29, 1.82) is 0 Å². The number of hydrogen-bond acceptors (Lipinski definition) is 8. The van der Waals surface area contributed by atoms with Gasteiger partial charge in [-0.3, -0.25) is 4.79 Å². The molecule has 0 radical (unpaired) electrons. The Kier molecular flexibility index (Phi) is 6.42. The molecule has 0 bridgehead atoms. The zero-order valence-corrected chi connectivity index (χ0v) is 17.6. The van der Waals surface area contributed by atoms with Crippen molar-refractivity contribution < 1.29 is 14.1 Å². The summed E-state index contributed by atoms with van der Waals surface area (Å²) in [6, 6.07) is 7.62. The number of anilines is 1. The molecule has 3 aromatic rings. The Morgan fingerprint density at radius 2 is 1.97 bits per heavy atom. The van der Waals surface area contributed by atoms with Crippen LogP contribution in [0.25, 0.3) is 0 Å². The molecule has 0 aliphatic carbocycles. The van der Waals surface area contributed by atoms with E-state index in [0.29, 0.717) is 29.0 Å². The van der Waals surface area contributed by atoms with Crippen LogP contribution in [0.15, 0.2) is 33.9 Å². The minimum atomic E-state index is -0.410. The van der Waals surface area contributed by atoms with Gasteiger partial charge in [0.1, 0.15) is 18.1 Å². The summed E-state index contributed by atoms with van der Waals surface area (Å²) in [4.78, 5) is 12.5. The van der Waals surface area contributed by atoms with Crippen molar-refractivity contribution in [3.63, 3.8) is 0 Å². The van der Waals surface area contributed by atoms with Gasteiger partial charge in [-0.15, -0.1) is 10.2 Å². The summed E-state index contributed by atoms with van der Waals surface area (Å²) < 4.78 is 12.1. The summed E-state index contributed by atoms with van der Waals surface area (Å²) >= 11 is 1.24. The van der Waals surface area contributed by atoms with Gasteiger partial charge in [0.05, 0.1) is 5.25 Å². The Morgan fingerprint density at radius 1 is 1.24 bits per heavy atom.